The van der Waals surface area contributed by atoms with Crippen molar-refractivity contribution in [1.82, 2.24) is 15.0 Å². The van der Waals surface area contributed by atoms with Crippen molar-refractivity contribution in [2.45, 2.75) is 6.92 Å². The Balaban J connectivity index is 2.17. The third-order valence-corrected chi connectivity index (χ3v) is 4.27. The predicted molar refractivity (Wildman–Crippen MR) is 94.1 cm³/mol. The van der Waals surface area contributed by atoms with Gasteiger partial charge in [-0.1, -0.05) is 36.4 Å². The van der Waals surface area contributed by atoms with Gasteiger partial charge in [-0.25, -0.2) is 15.0 Å². The van der Waals surface area contributed by atoms with Crippen LogP contribution in [0.1, 0.15) is 5.56 Å². The van der Waals surface area contributed by atoms with Crippen LogP contribution in [0.2, 0.25) is 0 Å². The summed E-state index contributed by atoms with van der Waals surface area (Å²) in [4.78, 5) is 12.8. The summed E-state index contributed by atoms with van der Waals surface area (Å²) in [6, 6.07) is 16.7. The number of pyridine rings is 1. The number of nitrogens with zero attached hydrogens (tertiary/aromatic N) is 4. The lowest BCUT2D eigenvalue weighted by atomic mass is 9.96. The Hall–Kier alpha value is -3.14. The van der Waals surface area contributed by atoms with Crippen LogP contribution in [0.3, 0.4) is 0 Å². The Morgan fingerprint density at radius 1 is 0.875 bits per heavy atom. The summed E-state index contributed by atoms with van der Waals surface area (Å²) >= 11 is 0. The van der Waals surface area contributed by atoms with E-state index in [2.05, 4.69) is 82.2 Å². The highest BCUT2D eigenvalue weighted by molar-refractivity contribution is 5.99. The normalized spacial score (nSPS) is 10.9. The first kappa shape index (κ1) is 14.5. The minimum Gasteiger partial charge on any atom is -0.225 e. The van der Waals surface area contributed by atoms with Gasteiger partial charge in [0.25, 0.3) is 0 Å². The van der Waals surface area contributed by atoms with E-state index < -0.39 is 0 Å². The molecule has 4 aromatic rings. The Labute approximate surface area is 140 Å². The molecule has 116 valence electrons. The molecule has 0 unspecified atom stereocenters. The molecule has 0 N–H and O–H groups in total. The summed E-state index contributed by atoms with van der Waals surface area (Å²) < 4.78 is 2.16. The number of benzene rings is 2. The molecule has 0 aliphatic heterocycles. The van der Waals surface area contributed by atoms with E-state index in [1.54, 1.807) is 12.7 Å². The van der Waals surface area contributed by atoms with Gasteiger partial charge in [-0.2, -0.15) is 4.57 Å². The van der Waals surface area contributed by atoms with Crippen molar-refractivity contribution >= 4 is 10.8 Å². The molecule has 4 rings (SSSR count). The van der Waals surface area contributed by atoms with Crippen LogP contribution < -0.4 is 4.57 Å². The molecule has 0 fully saturated rings. The van der Waals surface area contributed by atoms with Crippen molar-refractivity contribution < 1.29 is 4.57 Å². The molecule has 2 aromatic heterocycles. The smallest absolute Gasteiger partial charge is 0.224 e. The van der Waals surface area contributed by atoms with Crippen LogP contribution in [-0.4, -0.2) is 15.0 Å². The lowest BCUT2D eigenvalue weighted by Crippen LogP contribution is -2.31. The van der Waals surface area contributed by atoms with Crippen molar-refractivity contribution in [3.05, 3.63) is 72.9 Å². The lowest BCUT2D eigenvalue weighted by molar-refractivity contribution is -0.658. The van der Waals surface area contributed by atoms with Crippen molar-refractivity contribution in [2.24, 2.45) is 7.05 Å². The quantitative estimate of drug-likeness (QED) is 0.532. The molecule has 0 aliphatic rings. The van der Waals surface area contributed by atoms with Gasteiger partial charge in [-0.3, -0.25) is 0 Å². The minimum absolute atomic E-state index is 0.690. The first-order valence-electron chi connectivity index (χ1n) is 7.85. The number of hydrogen-bond donors (Lipinski definition) is 0. The number of fused-ring (bicyclic) bond motifs is 1. The summed E-state index contributed by atoms with van der Waals surface area (Å²) in [7, 11) is 2.07. The van der Waals surface area contributed by atoms with Gasteiger partial charge in [-0.05, 0) is 24.6 Å². The molecule has 0 radical (unpaired) electrons. The van der Waals surface area contributed by atoms with Crippen LogP contribution in [0.4, 0.5) is 0 Å². The summed E-state index contributed by atoms with van der Waals surface area (Å²) in [6.45, 7) is 2.13. The Kier molecular flexibility index (Phi) is 3.50. The Morgan fingerprint density at radius 2 is 1.58 bits per heavy atom. The predicted octanol–water partition coefficient (Wildman–Crippen LogP) is 3.49. The molecule has 2 aromatic carbocycles. The van der Waals surface area contributed by atoms with Crippen LogP contribution in [0.15, 0.2) is 67.4 Å². The molecule has 0 atom stereocenters. The average Bonchev–Trinajstić information content (AvgIpc) is 2.62. The number of aromatic nitrogens is 4. The average molecular weight is 313 g/mol. The maximum absolute atomic E-state index is 4.42. The molecule has 4 nitrogen and oxygen atoms in total. The zero-order chi connectivity index (χ0) is 16.5. The fourth-order valence-corrected chi connectivity index (χ4v) is 3.17. The van der Waals surface area contributed by atoms with E-state index >= 15 is 0 Å². The van der Waals surface area contributed by atoms with E-state index in [9.17, 15) is 0 Å². The first-order chi connectivity index (χ1) is 11.8. The number of rotatable bonds is 2. The molecule has 2 heterocycles. The van der Waals surface area contributed by atoms with E-state index in [1.807, 2.05) is 6.07 Å². The zero-order valence-corrected chi connectivity index (χ0v) is 13.6. The van der Waals surface area contributed by atoms with Gasteiger partial charge in [0.15, 0.2) is 12.0 Å². The topological polar surface area (TPSA) is 42.6 Å². The lowest BCUT2D eigenvalue weighted by Gasteiger charge is -2.11. The molecule has 4 heteroatoms. The van der Waals surface area contributed by atoms with Crippen LogP contribution in [-0.2, 0) is 7.05 Å². The van der Waals surface area contributed by atoms with Gasteiger partial charge < -0.3 is 0 Å². The van der Waals surface area contributed by atoms with E-state index in [0.29, 0.717) is 5.82 Å². The second-order valence-electron chi connectivity index (χ2n) is 5.83. The summed E-state index contributed by atoms with van der Waals surface area (Å²) in [5, 5.41) is 2.30. The molecule has 24 heavy (non-hydrogen) atoms. The maximum Gasteiger partial charge on any atom is 0.224 e. The van der Waals surface area contributed by atoms with E-state index in [4.69, 9.17) is 0 Å². The molecule has 0 bridgehead atoms. The van der Waals surface area contributed by atoms with Crippen LogP contribution >= 0.6 is 0 Å². The number of hydrogen-bond acceptors (Lipinski definition) is 3. The number of aryl methyl sites for hydroxylation is 2. The van der Waals surface area contributed by atoms with Crippen molar-refractivity contribution in [1.29, 1.82) is 0 Å². The SMILES string of the molecule is Cc1ccccc1-c1c(-c2ncncn2)c2ccccc2c[n+]1C. The zero-order valence-electron chi connectivity index (χ0n) is 13.6. The van der Waals surface area contributed by atoms with Crippen LogP contribution in [0.25, 0.3) is 33.4 Å². The fourth-order valence-electron chi connectivity index (χ4n) is 3.17. The molecule has 0 aliphatic carbocycles. The minimum atomic E-state index is 0.690. The Morgan fingerprint density at radius 3 is 2.38 bits per heavy atom. The summed E-state index contributed by atoms with van der Waals surface area (Å²) in [5.74, 6) is 0.690. The summed E-state index contributed by atoms with van der Waals surface area (Å²) in [6.07, 6.45) is 5.25. The molecular weight excluding hydrogens is 296 g/mol. The maximum atomic E-state index is 4.42. The van der Waals surface area contributed by atoms with Crippen molar-refractivity contribution in [3.8, 4) is 22.6 Å². The van der Waals surface area contributed by atoms with Gasteiger partial charge in [0.2, 0.25) is 5.69 Å². The highest BCUT2D eigenvalue weighted by atomic mass is 15.0. The van der Waals surface area contributed by atoms with Crippen LogP contribution in [0.5, 0.6) is 0 Å². The third kappa shape index (κ3) is 2.33. The second-order valence-corrected chi connectivity index (χ2v) is 5.83. The van der Waals surface area contributed by atoms with Gasteiger partial charge in [0.1, 0.15) is 19.7 Å². The standard InChI is InChI=1S/C20H17N4/c1-14-7-3-5-9-16(14)19-18(20-22-12-21-13-23-20)17-10-6-4-8-15(17)11-24(19)2/h3-13H,1-2H3/q+1. The van der Waals surface area contributed by atoms with Crippen molar-refractivity contribution in [2.75, 3.05) is 0 Å². The molecule has 0 saturated heterocycles. The van der Waals surface area contributed by atoms with E-state index in [-0.39, 0.29) is 0 Å². The second kappa shape index (κ2) is 5.81. The van der Waals surface area contributed by atoms with Gasteiger partial charge >= 0.3 is 0 Å². The fraction of sp³-hybridized carbons (Fsp3) is 0.100. The van der Waals surface area contributed by atoms with Gasteiger partial charge in [0.05, 0.1) is 5.56 Å². The highest BCUT2D eigenvalue weighted by Gasteiger charge is 2.24. The largest absolute Gasteiger partial charge is 0.225 e. The molecule has 0 amide bonds. The van der Waals surface area contributed by atoms with Crippen molar-refractivity contribution in [3.63, 3.8) is 0 Å². The molecular formula is C20H17N4+. The molecule has 0 saturated carbocycles. The summed E-state index contributed by atoms with van der Waals surface area (Å²) in [5.41, 5.74) is 4.55. The highest BCUT2D eigenvalue weighted by Crippen LogP contribution is 2.34. The monoisotopic (exact) mass is 313 g/mol. The van der Waals surface area contributed by atoms with Gasteiger partial charge in [0, 0.05) is 16.3 Å². The first-order valence-corrected chi connectivity index (χ1v) is 7.85. The molecule has 0 spiro atoms. The van der Waals surface area contributed by atoms with Gasteiger partial charge in [-0.15, -0.1) is 0 Å². The third-order valence-electron chi connectivity index (χ3n) is 4.27. The Bertz CT molecular complexity index is 1030. The van der Waals surface area contributed by atoms with E-state index in [1.165, 1.54) is 11.1 Å². The van der Waals surface area contributed by atoms with Crippen LogP contribution in [0, 0.1) is 6.92 Å². The van der Waals surface area contributed by atoms with E-state index in [0.717, 1.165) is 22.0 Å².